The molecule has 1 aliphatic carbocycles. The van der Waals surface area contributed by atoms with Gasteiger partial charge in [0.2, 0.25) is 5.91 Å². The van der Waals surface area contributed by atoms with E-state index in [1.165, 1.54) is 31.4 Å². The standard InChI is InChI=1S/C19H28N2O2/c1-20(2)18(22)13-23-15-19-10-6-9-17(19)12-21(14-19)11-16-7-4-3-5-8-16/h3-5,7-8,17H,6,9-15H2,1-2H3/t17-,19+/m0/s1. The van der Waals surface area contributed by atoms with E-state index in [-0.39, 0.29) is 17.9 Å². The van der Waals surface area contributed by atoms with Crippen LogP contribution in [0.4, 0.5) is 0 Å². The van der Waals surface area contributed by atoms with Crippen molar-refractivity contribution in [3.05, 3.63) is 35.9 Å². The molecule has 2 fully saturated rings. The molecule has 0 unspecified atom stereocenters. The van der Waals surface area contributed by atoms with E-state index >= 15 is 0 Å². The van der Waals surface area contributed by atoms with Crippen LogP contribution >= 0.6 is 0 Å². The Bertz CT molecular complexity index is 531. The summed E-state index contributed by atoms with van der Waals surface area (Å²) in [6, 6.07) is 10.7. The highest BCUT2D eigenvalue weighted by Crippen LogP contribution is 2.49. The van der Waals surface area contributed by atoms with E-state index in [4.69, 9.17) is 4.74 Å². The minimum atomic E-state index is 0.0510. The number of ether oxygens (including phenoxy) is 1. The van der Waals surface area contributed by atoms with Crippen LogP contribution in [0.5, 0.6) is 0 Å². The maximum atomic E-state index is 11.7. The molecule has 0 spiro atoms. The third-order valence-electron chi connectivity index (χ3n) is 5.47. The van der Waals surface area contributed by atoms with Gasteiger partial charge in [0.05, 0.1) is 6.61 Å². The van der Waals surface area contributed by atoms with Crippen molar-refractivity contribution in [2.75, 3.05) is 40.4 Å². The highest BCUT2D eigenvalue weighted by atomic mass is 16.5. The van der Waals surface area contributed by atoms with Gasteiger partial charge < -0.3 is 9.64 Å². The second kappa shape index (κ2) is 7.02. The fraction of sp³-hybridized carbons (Fsp3) is 0.632. The fourth-order valence-electron chi connectivity index (χ4n) is 4.19. The Morgan fingerprint density at radius 3 is 2.87 bits per heavy atom. The van der Waals surface area contributed by atoms with Gasteiger partial charge in [-0.3, -0.25) is 9.69 Å². The van der Waals surface area contributed by atoms with Crippen LogP contribution in [0, 0.1) is 11.3 Å². The zero-order chi connectivity index (χ0) is 16.3. The van der Waals surface area contributed by atoms with Crippen molar-refractivity contribution in [2.45, 2.75) is 25.8 Å². The zero-order valence-electron chi connectivity index (χ0n) is 14.3. The maximum Gasteiger partial charge on any atom is 0.248 e. The van der Waals surface area contributed by atoms with Crippen LogP contribution in [-0.4, -0.2) is 56.1 Å². The second-order valence-electron chi connectivity index (χ2n) is 7.39. The van der Waals surface area contributed by atoms with Crippen LogP contribution in [0.3, 0.4) is 0 Å². The monoisotopic (exact) mass is 316 g/mol. The summed E-state index contributed by atoms with van der Waals surface area (Å²) in [4.78, 5) is 15.9. The van der Waals surface area contributed by atoms with Crippen molar-refractivity contribution < 1.29 is 9.53 Å². The lowest BCUT2D eigenvalue weighted by molar-refractivity contribution is -0.135. The van der Waals surface area contributed by atoms with Crippen LogP contribution in [-0.2, 0) is 16.1 Å². The van der Waals surface area contributed by atoms with E-state index in [0.29, 0.717) is 0 Å². The van der Waals surface area contributed by atoms with E-state index in [9.17, 15) is 4.79 Å². The molecule has 0 N–H and O–H groups in total. The number of rotatable bonds is 6. The molecule has 1 heterocycles. The predicted molar refractivity (Wildman–Crippen MR) is 91.0 cm³/mol. The van der Waals surface area contributed by atoms with Crippen molar-refractivity contribution in [3.8, 4) is 0 Å². The highest BCUT2D eigenvalue weighted by molar-refractivity contribution is 5.76. The Morgan fingerprint density at radius 2 is 2.13 bits per heavy atom. The predicted octanol–water partition coefficient (Wildman–Crippen LogP) is 2.39. The van der Waals surface area contributed by atoms with Crippen LogP contribution in [0.25, 0.3) is 0 Å². The van der Waals surface area contributed by atoms with Gasteiger partial charge in [0.15, 0.2) is 0 Å². The lowest BCUT2D eigenvalue weighted by Crippen LogP contribution is -2.34. The average molecular weight is 316 g/mol. The molecule has 1 aliphatic heterocycles. The summed E-state index contributed by atoms with van der Waals surface area (Å²) in [5, 5.41) is 0. The first kappa shape index (κ1) is 16.5. The third-order valence-corrected chi connectivity index (χ3v) is 5.47. The lowest BCUT2D eigenvalue weighted by atomic mass is 9.81. The number of carbonyl (C=O) groups is 1. The summed E-state index contributed by atoms with van der Waals surface area (Å²) < 4.78 is 5.83. The molecule has 3 rings (SSSR count). The van der Waals surface area contributed by atoms with Gasteiger partial charge in [-0.15, -0.1) is 0 Å². The highest BCUT2D eigenvalue weighted by Gasteiger charge is 2.49. The molecular formula is C19H28N2O2. The molecule has 1 aromatic rings. The van der Waals surface area contributed by atoms with Gasteiger partial charge in [-0.25, -0.2) is 0 Å². The SMILES string of the molecule is CN(C)C(=O)COC[C@]12CCC[C@H]1CN(Cc1ccccc1)C2. The Morgan fingerprint density at radius 1 is 1.35 bits per heavy atom. The van der Waals surface area contributed by atoms with Gasteiger partial charge in [-0.1, -0.05) is 36.8 Å². The van der Waals surface area contributed by atoms with Crippen LogP contribution in [0.1, 0.15) is 24.8 Å². The van der Waals surface area contributed by atoms with E-state index < -0.39 is 0 Å². The van der Waals surface area contributed by atoms with Crippen molar-refractivity contribution in [1.29, 1.82) is 0 Å². The molecule has 1 saturated carbocycles. The van der Waals surface area contributed by atoms with Crippen LogP contribution < -0.4 is 0 Å². The quantitative estimate of drug-likeness (QED) is 0.808. The minimum absolute atomic E-state index is 0.0510. The Hall–Kier alpha value is -1.39. The van der Waals surface area contributed by atoms with E-state index in [1.54, 1.807) is 19.0 Å². The molecule has 4 heteroatoms. The van der Waals surface area contributed by atoms with E-state index in [1.807, 2.05) is 0 Å². The first-order chi connectivity index (χ1) is 11.1. The summed E-state index contributed by atoms with van der Waals surface area (Å²) in [5.74, 6) is 0.774. The topological polar surface area (TPSA) is 32.8 Å². The molecule has 23 heavy (non-hydrogen) atoms. The summed E-state index contributed by atoms with van der Waals surface area (Å²) in [6.45, 7) is 4.22. The van der Waals surface area contributed by atoms with Crippen LogP contribution in [0.15, 0.2) is 30.3 Å². The van der Waals surface area contributed by atoms with Crippen LogP contribution in [0.2, 0.25) is 0 Å². The fourth-order valence-corrected chi connectivity index (χ4v) is 4.19. The molecular weight excluding hydrogens is 288 g/mol. The molecule has 1 amide bonds. The lowest BCUT2D eigenvalue weighted by Gasteiger charge is -2.29. The molecule has 2 atom stereocenters. The molecule has 126 valence electrons. The molecule has 0 bridgehead atoms. The van der Waals surface area contributed by atoms with Gasteiger partial charge >= 0.3 is 0 Å². The van der Waals surface area contributed by atoms with Crippen molar-refractivity contribution >= 4 is 5.91 Å². The number of amides is 1. The van der Waals surface area contributed by atoms with Gasteiger partial charge in [-0.05, 0) is 24.3 Å². The Kier molecular flexibility index (Phi) is 5.02. The summed E-state index contributed by atoms with van der Waals surface area (Å²) in [6.07, 6.45) is 3.84. The maximum absolute atomic E-state index is 11.7. The van der Waals surface area contributed by atoms with Crippen molar-refractivity contribution in [2.24, 2.45) is 11.3 Å². The smallest absolute Gasteiger partial charge is 0.248 e. The van der Waals surface area contributed by atoms with E-state index in [0.717, 1.165) is 25.6 Å². The minimum Gasteiger partial charge on any atom is -0.371 e. The summed E-state index contributed by atoms with van der Waals surface area (Å²) >= 11 is 0. The van der Waals surface area contributed by atoms with Crippen molar-refractivity contribution in [3.63, 3.8) is 0 Å². The number of likely N-dealkylation sites (N-methyl/N-ethyl adjacent to an activating group) is 1. The van der Waals surface area contributed by atoms with Crippen molar-refractivity contribution in [1.82, 2.24) is 9.80 Å². The number of hydrogen-bond donors (Lipinski definition) is 0. The average Bonchev–Trinajstić information content (AvgIpc) is 3.04. The molecule has 4 nitrogen and oxygen atoms in total. The van der Waals surface area contributed by atoms with Gasteiger partial charge in [0.25, 0.3) is 0 Å². The summed E-state index contributed by atoms with van der Waals surface area (Å²) in [7, 11) is 3.55. The Balaban J connectivity index is 1.56. The largest absolute Gasteiger partial charge is 0.371 e. The molecule has 0 aromatic heterocycles. The van der Waals surface area contributed by atoms with Gasteiger partial charge in [0.1, 0.15) is 6.61 Å². The number of hydrogen-bond acceptors (Lipinski definition) is 3. The second-order valence-corrected chi connectivity index (χ2v) is 7.39. The molecule has 2 aliphatic rings. The van der Waals surface area contributed by atoms with Gasteiger partial charge in [-0.2, -0.15) is 0 Å². The number of fused-ring (bicyclic) bond motifs is 1. The number of benzene rings is 1. The summed E-state index contributed by atoms with van der Waals surface area (Å²) in [5.41, 5.74) is 1.65. The number of likely N-dealkylation sites (tertiary alicyclic amines) is 1. The van der Waals surface area contributed by atoms with E-state index in [2.05, 4.69) is 35.2 Å². The molecule has 0 radical (unpaired) electrons. The molecule has 1 aromatic carbocycles. The first-order valence-corrected chi connectivity index (χ1v) is 8.63. The molecule has 1 saturated heterocycles. The third kappa shape index (κ3) is 3.75. The normalized spacial score (nSPS) is 27.1. The first-order valence-electron chi connectivity index (χ1n) is 8.63. The number of nitrogens with zero attached hydrogens (tertiary/aromatic N) is 2. The number of carbonyl (C=O) groups excluding carboxylic acids is 1. The zero-order valence-corrected chi connectivity index (χ0v) is 14.3. The Labute approximate surface area is 139 Å². The van der Waals surface area contributed by atoms with Gasteiger partial charge in [0, 0.05) is 39.1 Å².